The van der Waals surface area contributed by atoms with Crippen LogP contribution in [0.1, 0.15) is 47.0 Å². The molecule has 0 aromatic heterocycles. The first kappa shape index (κ1) is 29.7. The van der Waals surface area contributed by atoms with E-state index in [1.165, 1.54) is 0 Å². The molecule has 0 aromatic rings. The van der Waals surface area contributed by atoms with Crippen LogP contribution in [-0.4, -0.2) is 111 Å². The molecule has 2 rings (SSSR count). The maximum absolute atomic E-state index is 13.6. The summed E-state index contributed by atoms with van der Waals surface area (Å²) in [6.45, 7) is 7.82. The molecule has 0 aromatic carbocycles. The van der Waals surface area contributed by atoms with Crippen LogP contribution in [0.4, 0.5) is 0 Å². The molecule has 0 saturated carbocycles. The lowest BCUT2D eigenvalue weighted by atomic mass is 9.85. The van der Waals surface area contributed by atoms with Crippen molar-refractivity contribution >= 4 is 49.2 Å². The molecule has 2 aliphatic rings. The summed E-state index contributed by atoms with van der Waals surface area (Å²) >= 11 is 0. The molecule has 0 bridgehead atoms. The van der Waals surface area contributed by atoms with E-state index in [1.807, 2.05) is 19.4 Å². The number of ether oxygens (including phenoxy) is 2. The van der Waals surface area contributed by atoms with Crippen molar-refractivity contribution < 1.29 is 28.7 Å². The minimum Gasteiger partial charge on any atom is -0.388 e. The Labute approximate surface area is 213 Å². The van der Waals surface area contributed by atoms with Crippen LogP contribution in [0.2, 0.25) is 0 Å². The molecule has 4 radical (unpaired) electrons. The van der Waals surface area contributed by atoms with Gasteiger partial charge in [0.2, 0.25) is 11.8 Å². The molecule has 5 atom stereocenters. The van der Waals surface area contributed by atoms with E-state index in [4.69, 9.17) is 25.2 Å². The van der Waals surface area contributed by atoms with E-state index < -0.39 is 32.9 Å². The smallest absolute Gasteiger partial charge is 0.252 e. The molecule has 2 N–H and O–H groups in total. The predicted octanol–water partition coefficient (Wildman–Crippen LogP) is 0.0299. The van der Waals surface area contributed by atoms with Crippen LogP contribution in [0.5, 0.6) is 0 Å². The molecular weight excluding hydrogens is 468 g/mol. The maximum Gasteiger partial charge on any atom is 0.252 e. The van der Waals surface area contributed by atoms with Crippen LogP contribution in [-0.2, 0) is 28.7 Å². The minimum atomic E-state index is -1.56. The second kappa shape index (κ2) is 12.1. The van der Waals surface area contributed by atoms with Crippen LogP contribution < -0.4 is 10.6 Å². The van der Waals surface area contributed by atoms with Crippen molar-refractivity contribution in [3.8, 4) is 0 Å². The molecule has 2 heterocycles. The van der Waals surface area contributed by atoms with E-state index in [9.17, 15) is 19.2 Å². The van der Waals surface area contributed by atoms with Crippen molar-refractivity contribution in [1.29, 1.82) is 0 Å². The molecule has 194 valence electrons. The summed E-state index contributed by atoms with van der Waals surface area (Å²) in [5.74, 6) is -1.46. The summed E-state index contributed by atoms with van der Waals surface area (Å²) < 4.78 is 10.8. The van der Waals surface area contributed by atoms with Gasteiger partial charge in [0, 0.05) is 35.8 Å². The number of carbonyl (C=O) groups excluding carboxylic acids is 4. The van der Waals surface area contributed by atoms with E-state index in [1.54, 1.807) is 25.7 Å². The highest BCUT2D eigenvalue weighted by Gasteiger charge is 2.49. The number of Topliss-reactive ketones (excluding diaryl/α,β-unsaturated/α-hetero) is 1. The lowest BCUT2D eigenvalue weighted by Gasteiger charge is -2.38. The molecule has 0 spiro atoms. The molecule has 3 amide bonds. The van der Waals surface area contributed by atoms with Crippen LogP contribution in [0, 0.1) is 5.92 Å². The molecule has 2 aliphatic heterocycles. The Bertz CT molecular complexity index is 805. The fourth-order valence-corrected chi connectivity index (χ4v) is 6.73. The first-order valence-corrected chi connectivity index (χ1v) is 14.6. The summed E-state index contributed by atoms with van der Waals surface area (Å²) in [5.41, 5.74) is -1.02. The number of rotatable bonds is 12. The normalized spacial score (nSPS) is 26.6. The van der Waals surface area contributed by atoms with Crippen LogP contribution in [0.25, 0.3) is 0 Å². The average molecular weight is 507 g/mol. The summed E-state index contributed by atoms with van der Waals surface area (Å²) in [6.07, 6.45) is 4.91. The van der Waals surface area contributed by atoms with Crippen LogP contribution >= 0.6 is 10.0 Å². The molecule has 2 unspecified atom stereocenters. The summed E-state index contributed by atoms with van der Waals surface area (Å²) in [7, 11) is 9.89. The number of ketones is 1. The summed E-state index contributed by atoms with van der Waals surface area (Å²) in [6, 6.07) is -1.41. The van der Waals surface area contributed by atoms with E-state index >= 15 is 0 Å². The first-order chi connectivity index (χ1) is 16.1. The van der Waals surface area contributed by atoms with Gasteiger partial charge < -0.3 is 25.0 Å². The van der Waals surface area contributed by atoms with Crippen molar-refractivity contribution in [2.45, 2.75) is 75.1 Å². The number of hydrogen-bond donors (Lipinski definition) is 2. The highest BCUT2D eigenvalue weighted by atomic mass is 32.3. The van der Waals surface area contributed by atoms with E-state index in [-0.39, 0.29) is 60.7 Å². The van der Waals surface area contributed by atoms with E-state index in [0.717, 1.165) is 0 Å². The van der Waals surface area contributed by atoms with Crippen molar-refractivity contribution in [1.82, 2.24) is 15.5 Å². The third kappa shape index (κ3) is 8.25. The van der Waals surface area contributed by atoms with Gasteiger partial charge in [-0.25, -0.2) is 10.0 Å². The van der Waals surface area contributed by atoms with Gasteiger partial charge in [0.15, 0.2) is 5.78 Å². The molecule has 2 fully saturated rings. The summed E-state index contributed by atoms with van der Waals surface area (Å²) in [4.78, 5) is 53.5. The second-order valence-corrected chi connectivity index (χ2v) is 14.7. The Kier molecular flexibility index (Phi) is 10.3. The fraction of sp³-hybridized carbons (Fsp3) is 0.826. The molecular formula is C23H39B2N3O6S. The Morgan fingerprint density at radius 3 is 2.51 bits per heavy atom. The molecule has 9 nitrogen and oxygen atoms in total. The topological polar surface area (TPSA) is 114 Å². The molecule has 35 heavy (non-hydrogen) atoms. The van der Waals surface area contributed by atoms with Gasteiger partial charge in [-0.1, -0.05) is 6.92 Å². The zero-order valence-electron chi connectivity index (χ0n) is 21.8. The second-order valence-electron chi connectivity index (χ2n) is 10.5. The lowest BCUT2D eigenvalue weighted by molar-refractivity contribution is -0.139. The van der Waals surface area contributed by atoms with Gasteiger partial charge >= 0.3 is 0 Å². The number of nitrogens with one attached hydrogen (secondary N) is 2. The van der Waals surface area contributed by atoms with Gasteiger partial charge in [0.1, 0.15) is 27.7 Å². The van der Waals surface area contributed by atoms with Crippen LogP contribution in [0.3, 0.4) is 0 Å². The number of amides is 3. The molecule has 12 heteroatoms. The monoisotopic (exact) mass is 507 g/mol. The van der Waals surface area contributed by atoms with E-state index in [0.29, 0.717) is 19.5 Å². The van der Waals surface area contributed by atoms with E-state index in [2.05, 4.69) is 10.6 Å². The third-order valence-corrected chi connectivity index (χ3v) is 10.4. The van der Waals surface area contributed by atoms with Gasteiger partial charge in [0.05, 0.1) is 19.1 Å². The van der Waals surface area contributed by atoms with Crippen molar-refractivity contribution in [2.24, 2.45) is 5.92 Å². The van der Waals surface area contributed by atoms with Gasteiger partial charge in [-0.3, -0.25) is 19.2 Å². The molecule has 2 saturated heterocycles. The average Bonchev–Trinajstić information content (AvgIpc) is 3.24. The number of carbonyl (C=O) groups is 4. The standard InChI is InChI=1S/C23H39B2N3O6S/c1-14-12-28(19(30)8-10-33-15(2)24)22(35(14,5)6)21(32)27-17(11-16-7-9-26-20(16)31)18(29)13-34-23(3,4)25/h14-17,22H,7-13H2,1-6H3,(H,26,31)(H,27,32)/t14?,15?,16-,17-,22-/m0/s1. The Morgan fingerprint density at radius 1 is 1.31 bits per heavy atom. The third-order valence-electron chi connectivity index (χ3n) is 6.57. The Balaban J connectivity index is 2.20. The highest BCUT2D eigenvalue weighted by molar-refractivity contribution is 8.34. The van der Waals surface area contributed by atoms with Gasteiger partial charge in [-0.05, 0) is 46.1 Å². The largest absolute Gasteiger partial charge is 0.388 e. The zero-order chi connectivity index (χ0) is 26.6. The maximum atomic E-state index is 13.6. The number of nitrogens with zero attached hydrogens (tertiary/aromatic N) is 1. The van der Waals surface area contributed by atoms with Crippen LogP contribution in [0.15, 0.2) is 0 Å². The Morgan fingerprint density at radius 2 is 1.97 bits per heavy atom. The number of hydrogen-bond acceptors (Lipinski definition) is 6. The van der Waals surface area contributed by atoms with Gasteiger partial charge in [-0.15, -0.1) is 0 Å². The highest BCUT2D eigenvalue weighted by Crippen LogP contribution is 2.56. The van der Waals surface area contributed by atoms with Gasteiger partial charge in [0.25, 0.3) is 5.91 Å². The quantitative estimate of drug-likeness (QED) is 0.361. The first-order valence-electron chi connectivity index (χ1n) is 12.0. The fourth-order valence-electron chi connectivity index (χ4n) is 4.26. The van der Waals surface area contributed by atoms with Crippen molar-refractivity contribution in [3.05, 3.63) is 0 Å². The van der Waals surface area contributed by atoms with Gasteiger partial charge in [-0.2, -0.15) is 0 Å². The SMILES string of the molecule is [B]C(C)OCCC(=O)N1CC(C)S(C)(C)[C@H]1C(=O)N[C@@H](C[C@@H]1CCNC1=O)C(=O)COC([B])(C)C. The molecule has 0 aliphatic carbocycles. The van der Waals surface area contributed by atoms with Crippen molar-refractivity contribution in [3.63, 3.8) is 0 Å². The lowest BCUT2D eigenvalue weighted by Crippen LogP contribution is -2.53. The minimum absolute atomic E-state index is 0.109. The Hall–Kier alpha value is -1.52. The summed E-state index contributed by atoms with van der Waals surface area (Å²) in [5, 5.41) is 5.06. The predicted molar refractivity (Wildman–Crippen MR) is 139 cm³/mol. The van der Waals surface area contributed by atoms with Crippen molar-refractivity contribution in [2.75, 3.05) is 38.8 Å². The zero-order valence-corrected chi connectivity index (χ0v) is 22.6.